The maximum Gasteiger partial charge on any atom is 0.248 e. The zero-order valence-corrected chi connectivity index (χ0v) is 19.8. The SMILES string of the molecule is O=C1COC2(CCN(Cc3ncc(-c4ccc5cc(Cl)cnc5c4)cc3F)CC2F)CN1C1CC1. The topological polar surface area (TPSA) is 58.6 Å². The van der Waals surface area contributed by atoms with Crippen molar-refractivity contribution in [2.75, 3.05) is 26.2 Å². The summed E-state index contributed by atoms with van der Waals surface area (Å²) in [7, 11) is 0. The van der Waals surface area contributed by atoms with Gasteiger partial charge < -0.3 is 9.64 Å². The average molecular weight is 499 g/mol. The Balaban J connectivity index is 1.14. The summed E-state index contributed by atoms with van der Waals surface area (Å²) in [5.41, 5.74) is 1.53. The number of pyridine rings is 2. The highest BCUT2D eigenvalue weighted by atomic mass is 35.5. The van der Waals surface area contributed by atoms with Gasteiger partial charge in [0.25, 0.3) is 0 Å². The van der Waals surface area contributed by atoms with E-state index in [0.29, 0.717) is 30.1 Å². The first kappa shape index (κ1) is 22.8. The first-order valence-corrected chi connectivity index (χ1v) is 12.3. The molecule has 2 atom stereocenters. The fourth-order valence-corrected chi connectivity index (χ4v) is 5.29. The van der Waals surface area contributed by atoms with Crippen molar-refractivity contribution >= 4 is 28.4 Å². The molecule has 3 aliphatic rings. The molecule has 2 saturated heterocycles. The zero-order valence-electron chi connectivity index (χ0n) is 19.1. The van der Waals surface area contributed by atoms with E-state index in [1.165, 1.54) is 6.07 Å². The lowest BCUT2D eigenvalue weighted by Crippen LogP contribution is -2.64. The molecule has 6 rings (SSSR count). The smallest absolute Gasteiger partial charge is 0.248 e. The Morgan fingerprint density at radius 3 is 2.77 bits per heavy atom. The Hall–Kier alpha value is -2.68. The number of alkyl halides is 1. The summed E-state index contributed by atoms with van der Waals surface area (Å²) in [5.74, 6) is -0.480. The van der Waals surface area contributed by atoms with Gasteiger partial charge in [-0.1, -0.05) is 23.7 Å². The van der Waals surface area contributed by atoms with Crippen molar-refractivity contribution in [1.82, 2.24) is 19.8 Å². The number of likely N-dealkylation sites (tertiary alicyclic amines) is 1. The molecule has 6 nitrogen and oxygen atoms in total. The van der Waals surface area contributed by atoms with Crippen LogP contribution in [0.2, 0.25) is 5.02 Å². The standard InChI is InChI=1S/C26H25ClF2N4O2/c27-19-7-17-2-1-16(9-22(17)31-11-19)18-8-21(28)23(30-10-18)12-32-6-5-26(24(29)13-32)15-33(20-3-4-20)25(34)14-35-26/h1-2,7-11,20,24H,3-6,12-15H2. The monoisotopic (exact) mass is 498 g/mol. The van der Waals surface area contributed by atoms with Gasteiger partial charge in [-0.05, 0) is 43.0 Å². The Morgan fingerprint density at radius 1 is 1.14 bits per heavy atom. The van der Waals surface area contributed by atoms with Gasteiger partial charge in [0.15, 0.2) is 0 Å². The molecule has 3 aromatic rings. The van der Waals surface area contributed by atoms with Crippen molar-refractivity contribution in [3.63, 3.8) is 0 Å². The van der Waals surface area contributed by atoms with Gasteiger partial charge in [-0.3, -0.25) is 19.7 Å². The summed E-state index contributed by atoms with van der Waals surface area (Å²) in [6, 6.07) is 9.18. The van der Waals surface area contributed by atoms with Crippen LogP contribution in [0, 0.1) is 5.82 Å². The highest BCUT2D eigenvalue weighted by Gasteiger charge is 2.51. The van der Waals surface area contributed by atoms with Gasteiger partial charge in [0, 0.05) is 49.0 Å². The third-order valence-corrected chi connectivity index (χ3v) is 7.55. The molecule has 2 aliphatic heterocycles. The van der Waals surface area contributed by atoms with Crippen molar-refractivity contribution < 1.29 is 18.3 Å². The van der Waals surface area contributed by atoms with Crippen molar-refractivity contribution in [2.24, 2.45) is 0 Å². The van der Waals surface area contributed by atoms with E-state index in [4.69, 9.17) is 16.3 Å². The minimum absolute atomic E-state index is 0.0508. The van der Waals surface area contributed by atoms with E-state index in [2.05, 4.69) is 9.97 Å². The third kappa shape index (κ3) is 4.39. The van der Waals surface area contributed by atoms with Crippen LogP contribution in [0.15, 0.2) is 42.7 Å². The minimum atomic E-state index is -1.26. The molecular formula is C26H25ClF2N4O2. The Kier molecular flexibility index (Phi) is 5.70. The molecule has 1 aliphatic carbocycles. The normalized spacial score (nSPS) is 25.5. The molecule has 3 fully saturated rings. The number of rotatable bonds is 4. The van der Waals surface area contributed by atoms with Gasteiger partial charge in [0.1, 0.15) is 24.2 Å². The van der Waals surface area contributed by atoms with Gasteiger partial charge >= 0.3 is 0 Å². The van der Waals surface area contributed by atoms with Crippen LogP contribution >= 0.6 is 11.6 Å². The lowest BCUT2D eigenvalue weighted by atomic mass is 9.87. The van der Waals surface area contributed by atoms with Gasteiger partial charge in [-0.25, -0.2) is 8.78 Å². The van der Waals surface area contributed by atoms with Crippen molar-refractivity contribution in [2.45, 2.75) is 43.6 Å². The summed E-state index contributed by atoms with van der Waals surface area (Å²) in [6.07, 6.45) is 4.38. The Morgan fingerprint density at radius 2 is 2.00 bits per heavy atom. The number of halogens is 3. The summed E-state index contributed by atoms with van der Waals surface area (Å²) < 4.78 is 36.1. The maximum absolute atomic E-state index is 15.4. The molecule has 0 radical (unpaired) electrons. The molecule has 2 aromatic heterocycles. The van der Waals surface area contributed by atoms with E-state index in [1.807, 2.05) is 29.2 Å². The molecule has 4 heterocycles. The average Bonchev–Trinajstić information content (AvgIpc) is 3.69. The summed E-state index contributed by atoms with van der Waals surface area (Å²) in [6.45, 7) is 1.13. The van der Waals surface area contributed by atoms with Crippen LogP contribution in [0.25, 0.3) is 22.0 Å². The molecule has 1 amide bonds. The molecule has 35 heavy (non-hydrogen) atoms. The van der Waals surface area contributed by atoms with E-state index in [1.54, 1.807) is 17.3 Å². The fraction of sp³-hybridized carbons (Fsp3) is 0.423. The van der Waals surface area contributed by atoms with E-state index < -0.39 is 17.6 Å². The van der Waals surface area contributed by atoms with E-state index >= 15 is 8.78 Å². The second-order valence-corrected chi connectivity index (χ2v) is 10.2. The molecule has 182 valence electrons. The Bertz CT molecular complexity index is 1300. The number of piperidine rings is 1. The molecule has 1 spiro atoms. The highest BCUT2D eigenvalue weighted by molar-refractivity contribution is 6.31. The van der Waals surface area contributed by atoms with Crippen LogP contribution in [-0.2, 0) is 16.1 Å². The van der Waals surface area contributed by atoms with Crippen molar-refractivity contribution in [3.8, 4) is 11.1 Å². The van der Waals surface area contributed by atoms with Crippen LogP contribution in [0.5, 0.6) is 0 Å². The number of benzene rings is 1. The molecule has 0 N–H and O–H groups in total. The third-order valence-electron chi connectivity index (χ3n) is 7.34. The van der Waals surface area contributed by atoms with Crippen LogP contribution in [0.4, 0.5) is 8.78 Å². The summed E-state index contributed by atoms with van der Waals surface area (Å²) in [5, 5.41) is 1.46. The number of nitrogens with zero attached hydrogens (tertiary/aromatic N) is 4. The number of ether oxygens (including phenoxy) is 1. The maximum atomic E-state index is 15.4. The predicted molar refractivity (Wildman–Crippen MR) is 128 cm³/mol. The van der Waals surface area contributed by atoms with E-state index in [9.17, 15) is 4.79 Å². The number of carbonyl (C=O) groups excluding carboxylic acids is 1. The number of morpholine rings is 1. The van der Waals surface area contributed by atoms with Gasteiger partial charge in [-0.2, -0.15) is 0 Å². The number of carbonyl (C=O) groups is 1. The minimum Gasteiger partial charge on any atom is -0.360 e. The van der Waals surface area contributed by atoms with Crippen LogP contribution in [0.1, 0.15) is 25.0 Å². The lowest BCUT2D eigenvalue weighted by molar-refractivity contribution is -0.189. The first-order chi connectivity index (χ1) is 16.9. The van der Waals surface area contributed by atoms with Crippen LogP contribution < -0.4 is 0 Å². The fourth-order valence-electron chi connectivity index (χ4n) is 5.13. The van der Waals surface area contributed by atoms with Crippen molar-refractivity contribution in [1.29, 1.82) is 0 Å². The second-order valence-electron chi connectivity index (χ2n) is 9.77. The van der Waals surface area contributed by atoms with E-state index in [0.717, 1.165) is 29.3 Å². The summed E-state index contributed by atoms with van der Waals surface area (Å²) >= 11 is 6.00. The number of aromatic nitrogens is 2. The molecule has 9 heteroatoms. The van der Waals surface area contributed by atoms with Crippen LogP contribution in [-0.4, -0.2) is 69.7 Å². The van der Waals surface area contributed by atoms with E-state index in [-0.39, 0.29) is 37.3 Å². The first-order valence-electron chi connectivity index (χ1n) is 11.9. The molecular weight excluding hydrogens is 474 g/mol. The number of hydrogen-bond donors (Lipinski definition) is 0. The van der Waals surface area contributed by atoms with Gasteiger partial charge in [0.05, 0.1) is 22.8 Å². The molecule has 1 aromatic carbocycles. The van der Waals surface area contributed by atoms with Crippen molar-refractivity contribution in [3.05, 3.63) is 59.3 Å². The van der Waals surface area contributed by atoms with Gasteiger partial charge in [-0.15, -0.1) is 0 Å². The zero-order chi connectivity index (χ0) is 24.2. The number of hydrogen-bond acceptors (Lipinski definition) is 5. The molecule has 2 unspecified atom stereocenters. The predicted octanol–water partition coefficient (Wildman–Crippen LogP) is 4.39. The molecule has 1 saturated carbocycles. The number of amides is 1. The Labute approximate surface area is 206 Å². The number of fused-ring (bicyclic) bond motifs is 1. The van der Waals surface area contributed by atoms with Crippen LogP contribution in [0.3, 0.4) is 0 Å². The largest absolute Gasteiger partial charge is 0.360 e. The lowest BCUT2D eigenvalue weighted by Gasteiger charge is -2.48. The summed E-state index contributed by atoms with van der Waals surface area (Å²) in [4.78, 5) is 24.5. The molecule has 0 bridgehead atoms. The highest BCUT2D eigenvalue weighted by Crippen LogP contribution is 2.38. The quantitative estimate of drug-likeness (QED) is 0.534. The second kappa shape index (κ2) is 8.76. The van der Waals surface area contributed by atoms with Gasteiger partial charge in [0.2, 0.25) is 5.91 Å².